The van der Waals surface area contributed by atoms with Crippen molar-refractivity contribution >= 4 is 22.9 Å². The van der Waals surface area contributed by atoms with E-state index in [9.17, 15) is 10.2 Å². The number of imidazole rings is 1. The summed E-state index contributed by atoms with van der Waals surface area (Å²) < 4.78 is 2.00. The van der Waals surface area contributed by atoms with Gasteiger partial charge in [0.2, 0.25) is 5.95 Å². The number of nitrogens with zero attached hydrogens (tertiary/aromatic N) is 4. The van der Waals surface area contributed by atoms with Crippen molar-refractivity contribution in [1.82, 2.24) is 19.5 Å². The van der Waals surface area contributed by atoms with Crippen LogP contribution in [0.3, 0.4) is 0 Å². The standard InChI is InChI=1S/C17H24N6O2/c18-17-21-15(20-12-3-1-10(5-12)7-24)14-16(22-17)23(9-19-14)13-4-2-11(6-13)8-25/h2,4,9-13,24-25H,1,3,5-8H2,(H3,18,20,21,22). The second-order valence-corrected chi connectivity index (χ2v) is 7.09. The summed E-state index contributed by atoms with van der Waals surface area (Å²) in [4.78, 5) is 13.2. The van der Waals surface area contributed by atoms with Gasteiger partial charge in [0, 0.05) is 25.2 Å². The van der Waals surface area contributed by atoms with Gasteiger partial charge in [0.25, 0.3) is 0 Å². The summed E-state index contributed by atoms with van der Waals surface area (Å²) in [7, 11) is 0. The topological polar surface area (TPSA) is 122 Å². The smallest absolute Gasteiger partial charge is 0.224 e. The van der Waals surface area contributed by atoms with E-state index in [1.165, 1.54) is 0 Å². The highest BCUT2D eigenvalue weighted by Gasteiger charge is 2.27. The largest absolute Gasteiger partial charge is 0.396 e. The van der Waals surface area contributed by atoms with Crippen LogP contribution in [-0.2, 0) is 0 Å². The minimum absolute atomic E-state index is 0.120. The molecular weight excluding hydrogens is 320 g/mol. The Morgan fingerprint density at radius 2 is 2.04 bits per heavy atom. The molecule has 25 heavy (non-hydrogen) atoms. The molecule has 0 aliphatic heterocycles. The molecule has 2 aromatic rings. The van der Waals surface area contributed by atoms with E-state index in [-0.39, 0.29) is 37.2 Å². The third-order valence-corrected chi connectivity index (χ3v) is 5.32. The second kappa shape index (κ2) is 6.61. The quantitative estimate of drug-likeness (QED) is 0.599. The van der Waals surface area contributed by atoms with Crippen molar-refractivity contribution in [3.8, 4) is 0 Å². The third kappa shape index (κ3) is 3.07. The molecule has 4 atom stereocenters. The summed E-state index contributed by atoms with van der Waals surface area (Å²) in [6, 6.07) is 0.388. The Labute approximate surface area is 145 Å². The number of nitrogen functional groups attached to an aromatic ring is 1. The van der Waals surface area contributed by atoms with E-state index >= 15 is 0 Å². The van der Waals surface area contributed by atoms with Gasteiger partial charge in [0.05, 0.1) is 12.4 Å². The van der Waals surface area contributed by atoms with Gasteiger partial charge in [-0.1, -0.05) is 12.2 Å². The molecule has 2 aromatic heterocycles. The van der Waals surface area contributed by atoms with Crippen molar-refractivity contribution < 1.29 is 10.2 Å². The molecule has 8 heteroatoms. The number of rotatable bonds is 5. The summed E-state index contributed by atoms with van der Waals surface area (Å²) in [6.07, 6.45) is 9.65. The van der Waals surface area contributed by atoms with E-state index in [1.807, 2.05) is 10.6 Å². The number of anilines is 2. The molecule has 4 rings (SSSR count). The molecule has 0 saturated heterocycles. The van der Waals surface area contributed by atoms with E-state index in [2.05, 4.69) is 26.3 Å². The Balaban J connectivity index is 1.62. The Morgan fingerprint density at radius 1 is 1.16 bits per heavy atom. The average Bonchev–Trinajstić information content (AvgIpc) is 3.33. The first-order chi connectivity index (χ1) is 12.2. The minimum Gasteiger partial charge on any atom is -0.396 e. The minimum atomic E-state index is 0.120. The molecule has 0 spiro atoms. The maximum absolute atomic E-state index is 9.33. The highest BCUT2D eigenvalue weighted by molar-refractivity contribution is 5.84. The lowest BCUT2D eigenvalue weighted by molar-refractivity contribution is 0.229. The van der Waals surface area contributed by atoms with Gasteiger partial charge >= 0.3 is 0 Å². The van der Waals surface area contributed by atoms with Gasteiger partial charge in [-0.3, -0.25) is 0 Å². The predicted molar refractivity (Wildman–Crippen MR) is 94.9 cm³/mol. The van der Waals surface area contributed by atoms with E-state index in [0.29, 0.717) is 22.9 Å². The van der Waals surface area contributed by atoms with Gasteiger partial charge in [-0.2, -0.15) is 9.97 Å². The SMILES string of the molecule is Nc1nc(NC2CCC(CO)C2)c2ncn(C3C=CC(CO)C3)c2n1. The monoisotopic (exact) mass is 344 g/mol. The van der Waals surface area contributed by atoms with E-state index in [4.69, 9.17) is 5.73 Å². The van der Waals surface area contributed by atoms with Gasteiger partial charge < -0.3 is 25.8 Å². The van der Waals surface area contributed by atoms with Crippen LogP contribution in [0.1, 0.15) is 31.7 Å². The molecule has 2 aliphatic carbocycles. The van der Waals surface area contributed by atoms with Crippen LogP contribution in [0.2, 0.25) is 0 Å². The number of nitrogens with two attached hydrogens (primary N) is 1. The fraction of sp³-hybridized carbons (Fsp3) is 0.588. The number of allylic oxidation sites excluding steroid dienone is 1. The van der Waals surface area contributed by atoms with Crippen LogP contribution in [0.4, 0.5) is 11.8 Å². The lowest BCUT2D eigenvalue weighted by Crippen LogP contribution is -2.18. The zero-order chi connectivity index (χ0) is 17.4. The van der Waals surface area contributed by atoms with Crippen LogP contribution in [-0.4, -0.2) is 49.0 Å². The molecule has 0 bridgehead atoms. The lowest BCUT2D eigenvalue weighted by atomic mass is 10.1. The molecule has 2 heterocycles. The summed E-state index contributed by atoms with van der Waals surface area (Å²) in [5.41, 5.74) is 7.35. The molecule has 0 radical (unpaired) electrons. The first-order valence-electron chi connectivity index (χ1n) is 8.84. The van der Waals surface area contributed by atoms with Crippen molar-refractivity contribution in [3.63, 3.8) is 0 Å². The second-order valence-electron chi connectivity index (χ2n) is 7.09. The maximum atomic E-state index is 9.33. The van der Waals surface area contributed by atoms with Crippen LogP contribution in [0.15, 0.2) is 18.5 Å². The Kier molecular flexibility index (Phi) is 4.30. The van der Waals surface area contributed by atoms with Crippen LogP contribution in [0, 0.1) is 11.8 Å². The number of hydrogen-bond donors (Lipinski definition) is 4. The number of nitrogens with one attached hydrogen (secondary N) is 1. The maximum Gasteiger partial charge on any atom is 0.224 e. The zero-order valence-electron chi connectivity index (χ0n) is 14.0. The Bertz CT molecular complexity index is 789. The van der Waals surface area contributed by atoms with Crippen LogP contribution in [0.25, 0.3) is 11.2 Å². The molecule has 1 fully saturated rings. The van der Waals surface area contributed by atoms with Crippen molar-refractivity contribution in [3.05, 3.63) is 18.5 Å². The molecular formula is C17H24N6O2. The fourth-order valence-electron chi connectivity index (χ4n) is 3.94. The third-order valence-electron chi connectivity index (χ3n) is 5.32. The first-order valence-corrected chi connectivity index (χ1v) is 8.84. The van der Waals surface area contributed by atoms with Crippen LogP contribution >= 0.6 is 0 Å². The van der Waals surface area contributed by atoms with Crippen molar-refractivity contribution in [2.75, 3.05) is 24.3 Å². The van der Waals surface area contributed by atoms with Gasteiger partial charge in [-0.25, -0.2) is 4.98 Å². The summed E-state index contributed by atoms with van der Waals surface area (Å²) in [6.45, 7) is 0.380. The molecule has 1 saturated carbocycles. The highest BCUT2D eigenvalue weighted by atomic mass is 16.3. The number of aliphatic hydroxyl groups excluding tert-OH is 2. The molecule has 0 amide bonds. The molecule has 4 unspecified atom stereocenters. The summed E-state index contributed by atoms with van der Waals surface area (Å²) >= 11 is 0. The van der Waals surface area contributed by atoms with E-state index in [1.54, 1.807) is 6.33 Å². The van der Waals surface area contributed by atoms with Gasteiger partial charge in [-0.05, 0) is 31.6 Å². The summed E-state index contributed by atoms with van der Waals surface area (Å²) in [5, 5.41) is 22.1. The van der Waals surface area contributed by atoms with Crippen molar-refractivity contribution in [1.29, 1.82) is 0 Å². The zero-order valence-corrected chi connectivity index (χ0v) is 14.0. The fourth-order valence-corrected chi connectivity index (χ4v) is 3.94. The average molecular weight is 344 g/mol. The highest BCUT2D eigenvalue weighted by Crippen LogP contribution is 2.33. The lowest BCUT2D eigenvalue weighted by Gasteiger charge is -2.15. The van der Waals surface area contributed by atoms with Gasteiger partial charge in [0.1, 0.15) is 0 Å². The molecule has 2 aliphatic rings. The molecule has 134 valence electrons. The van der Waals surface area contributed by atoms with E-state index in [0.717, 1.165) is 25.7 Å². The number of aromatic nitrogens is 4. The van der Waals surface area contributed by atoms with Crippen LogP contribution in [0.5, 0.6) is 0 Å². The Hall–Kier alpha value is -2.19. The molecule has 8 nitrogen and oxygen atoms in total. The first kappa shape index (κ1) is 16.3. The number of fused-ring (bicyclic) bond motifs is 1. The Morgan fingerprint density at radius 3 is 2.76 bits per heavy atom. The number of hydrogen-bond acceptors (Lipinski definition) is 7. The van der Waals surface area contributed by atoms with Crippen molar-refractivity contribution in [2.45, 2.75) is 37.8 Å². The number of aliphatic hydroxyl groups is 2. The molecule has 5 N–H and O–H groups in total. The summed E-state index contributed by atoms with van der Waals surface area (Å²) in [5.74, 6) is 1.40. The van der Waals surface area contributed by atoms with Crippen molar-refractivity contribution in [2.24, 2.45) is 11.8 Å². The van der Waals surface area contributed by atoms with Crippen LogP contribution < -0.4 is 11.1 Å². The van der Waals surface area contributed by atoms with Gasteiger partial charge in [-0.15, -0.1) is 0 Å². The van der Waals surface area contributed by atoms with Gasteiger partial charge in [0.15, 0.2) is 17.0 Å². The predicted octanol–water partition coefficient (Wildman–Crippen LogP) is 1.09. The van der Waals surface area contributed by atoms with E-state index < -0.39 is 0 Å². The molecule has 0 aromatic carbocycles. The normalized spacial score (nSPS) is 28.9.